The van der Waals surface area contributed by atoms with Crippen LogP contribution >= 0.6 is 0 Å². The summed E-state index contributed by atoms with van der Waals surface area (Å²) < 4.78 is 20.7. The van der Waals surface area contributed by atoms with Gasteiger partial charge in [-0.25, -0.2) is 9.38 Å². The molecule has 2 N–H and O–H groups in total. The summed E-state index contributed by atoms with van der Waals surface area (Å²) in [6, 6.07) is 10.0. The third kappa shape index (κ3) is 6.32. The number of hydrogen-bond donors (Lipinski definition) is 2. The Morgan fingerprint density at radius 2 is 1.92 bits per heavy atom. The molecule has 0 amide bonds. The molecule has 0 radical (unpaired) electrons. The highest BCUT2D eigenvalue weighted by Gasteiger charge is 2.05. The number of hydrogen-bond acceptors (Lipinski definition) is 2. The first-order valence-corrected chi connectivity index (χ1v) is 8.22. The fourth-order valence-electron chi connectivity index (χ4n) is 2.17. The highest BCUT2D eigenvalue weighted by atomic mass is 19.1. The molecule has 1 heterocycles. The van der Waals surface area contributed by atoms with E-state index in [1.54, 1.807) is 12.1 Å². The van der Waals surface area contributed by atoms with E-state index in [-0.39, 0.29) is 11.9 Å². The van der Waals surface area contributed by atoms with Crippen molar-refractivity contribution in [2.45, 2.75) is 26.5 Å². The Bertz CT molecular complexity index is 610. The van der Waals surface area contributed by atoms with E-state index in [1.165, 1.54) is 12.1 Å². The first-order chi connectivity index (χ1) is 11.7. The van der Waals surface area contributed by atoms with Crippen molar-refractivity contribution in [1.82, 2.24) is 15.2 Å². The zero-order chi connectivity index (χ0) is 17.2. The van der Waals surface area contributed by atoms with Gasteiger partial charge in [0.05, 0.1) is 6.54 Å². The minimum Gasteiger partial charge on any atom is -0.489 e. The molecular weight excluding hydrogens is 307 g/mol. The van der Waals surface area contributed by atoms with E-state index < -0.39 is 0 Å². The SMILES string of the molecule is CCNC(=NCC(C)Oc1ccc(F)cc1)NCCn1cccc1. The summed E-state index contributed by atoms with van der Waals surface area (Å²) in [5.74, 6) is 1.14. The standard InChI is InChI=1S/C18H25FN4O/c1-3-20-18(21-10-13-23-11-4-5-12-23)22-14-15(2)24-17-8-6-16(19)7-9-17/h4-9,11-12,15H,3,10,13-14H2,1-2H3,(H2,20,21,22). The molecule has 5 nitrogen and oxygen atoms in total. The smallest absolute Gasteiger partial charge is 0.191 e. The first-order valence-electron chi connectivity index (χ1n) is 8.22. The fourth-order valence-corrected chi connectivity index (χ4v) is 2.17. The molecule has 130 valence electrons. The maximum absolute atomic E-state index is 12.9. The van der Waals surface area contributed by atoms with Gasteiger partial charge in [-0.15, -0.1) is 0 Å². The number of halogens is 1. The quantitative estimate of drug-likeness (QED) is 0.577. The third-order valence-corrected chi connectivity index (χ3v) is 3.33. The van der Waals surface area contributed by atoms with Crippen LogP contribution < -0.4 is 15.4 Å². The molecule has 0 saturated heterocycles. The van der Waals surface area contributed by atoms with Crippen LogP contribution in [0.3, 0.4) is 0 Å². The average Bonchev–Trinajstić information content (AvgIpc) is 3.08. The van der Waals surface area contributed by atoms with Crippen molar-refractivity contribution in [2.75, 3.05) is 19.6 Å². The zero-order valence-corrected chi connectivity index (χ0v) is 14.2. The predicted molar refractivity (Wildman–Crippen MR) is 94.9 cm³/mol. The van der Waals surface area contributed by atoms with Crippen LogP contribution in [-0.2, 0) is 6.54 Å². The normalized spacial score (nSPS) is 12.7. The molecule has 24 heavy (non-hydrogen) atoms. The van der Waals surface area contributed by atoms with Crippen molar-refractivity contribution in [2.24, 2.45) is 4.99 Å². The third-order valence-electron chi connectivity index (χ3n) is 3.33. The lowest BCUT2D eigenvalue weighted by molar-refractivity contribution is 0.230. The number of rotatable bonds is 8. The lowest BCUT2D eigenvalue weighted by Gasteiger charge is -2.15. The van der Waals surface area contributed by atoms with Crippen molar-refractivity contribution in [3.63, 3.8) is 0 Å². The Kier molecular flexibility index (Phi) is 7.14. The van der Waals surface area contributed by atoms with Crippen LogP contribution in [0.2, 0.25) is 0 Å². The number of nitrogens with one attached hydrogen (secondary N) is 2. The molecule has 2 aromatic rings. The minimum absolute atomic E-state index is 0.102. The fraction of sp³-hybridized carbons (Fsp3) is 0.389. The number of benzene rings is 1. The summed E-state index contributed by atoms with van der Waals surface area (Å²) in [6.07, 6.45) is 3.96. The summed E-state index contributed by atoms with van der Waals surface area (Å²) >= 11 is 0. The molecule has 0 bridgehead atoms. The molecule has 0 spiro atoms. The summed E-state index contributed by atoms with van der Waals surface area (Å²) in [5, 5.41) is 6.51. The lowest BCUT2D eigenvalue weighted by Crippen LogP contribution is -2.39. The van der Waals surface area contributed by atoms with Gasteiger partial charge in [-0.05, 0) is 50.2 Å². The topological polar surface area (TPSA) is 50.6 Å². The molecule has 0 aliphatic heterocycles. The Balaban J connectivity index is 1.79. The van der Waals surface area contributed by atoms with E-state index in [2.05, 4.69) is 20.2 Å². The average molecular weight is 332 g/mol. The Labute approximate surface area is 142 Å². The van der Waals surface area contributed by atoms with Crippen molar-refractivity contribution < 1.29 is 9.13 Å². The monoisotopic (exact) mass is 332 g/mol. The van der Waals surface area contributed by atoms with Gasteiger partial charge in [0.15, 0.2) is 5.96 Å². The maximum Gasteiger partial charge on any atom is 0.191 e. The van der Waals surface area contributed by atoms with E-state index in [0.717, 1.165) is 25.6 Å². The number of aliphatic imine (C=N–C) groups is 1. The van der Waals surface area contributed by atoms with Crippen molar-refractivity contribution in [3.05, 3.63) is 54.6 Å². The second-order valence-corrected chi connectivity index (χ2v) is 5.45. The molecule has 1 aromatic carbocycles. The molecule has 1 unspecified atom stereocenters. The van der Waals surface area contributed by atoms with E-state index in [0.29, 0.717) is 12.3 Å². The van der Waals surface area contributed by atoms with Crippen molar-refractivity contribution in [1.29, 1.82) is 0 Å². The lowest BCUT2D eigenvalue weighted by atomic mass is 10.3. The predicted octanol–water partition coefficient (Wildman–Crippen LogP) is 2.65. The van der Waals surface area contributed by atoms with Gasteiger partial charge < -0.3 is 19.9 Å². The van der Waals surface area contributed by atoms with Gasteiger partial charge in [0.2, 0.25) is 0 Å². The van der Waals surface area contributed by atoms with Gasteiger partial charge in [0.25, 0.3) is 0 Å². The van der Waals surface area contributed by atoms with Gasteiger partial charge >= 0.3 is 0 Å². The van der Waals surface area contributed by atoms with Crippen LogP contribution in [0.4, 0.5) is 4.39 Å². The highest BCUT2D eigenvalue weighted by Crippen LogP contribution is 2.12. The van der Waals surface area contributed by atoms with Crippen LogP contribution in [0.1, 0.15) is 13.8 Å². The second kappa shape index (κ2) is 9.60. The summed E-state index contributed by atoms with van der Waals surface area (Å²) in [7, 11) is 0. The molecule has 6 heteroatoms. The largest absolute Gasteiger partial charge is 0.489 e. The molecule has 0 fully saturated rings. The van der Waals surface area contributed by atoms with Gasteiger partial charge in [-0.2, -0.15) is 0 Å². The second-order valence-electron chi connectivity index (χ2n) is 5.45. The Morgan fingerprint density at radius 3 is 2.58 bits per heavy atom. The zero-order valence-electron chi connectivity index (χ0n) is 14.2. The van der Waals surface area contributed by atoms with Gasteiger partial charge in [-0.3, -0.25) is 0 Å². The van der Waals surface area contributed by atoms with E-state index in [9.17, 15) is 4.39 Å². The minimum atomic E-state index is -0.269. The van der Waals surface area contributed by atoms with E-state index in [4.69, 9.17) is 4.74 Å². The molecule has 1 atom stereocenters. The number of guanidine groups is 1. The number of nitrogens with zero attached hydrogens (tertiary/aromatic N) is 2. The van der Waals surface area contributed by atoms with Gasteiger partial charge in [-0.1, -0.05) is 0 Å². The summed E-state index contributed by atoms with van der Waals surface area (Å²) in [6.45, 7) is 6.93. The summed E-state index contributed by atoms with van der Waals surface area (Å²) in [5.41, 5.74) is 0. The van der Waals surface area contributed by atoms with Crippen LogP contribution in [0.15, 0.2) is 53.8 Å². The molecule has 0 saturated carbocycles. The van der Waals surface area contributed by atoms with Gasteiger partial charge in [0, 0.05) is 32.0 Å². The number of ether oxygens (including phenoxy) is 1. The Hall–Kier alpha value is -2.50. The summed E-state index contributed by atoms with van der Waals surface area (Å²) in [4.78, 5) is 4.53. The molecular formula is C18H25FN4O. The van der Waals surface area contributed by atoms with Crippen molar-refractivity contribution in [3.8, 4) is 5.75 Å². The number of aromatic nitrogens is 1. The first kappa shape index (κ1) is 17.8. The van der Waals surface area contributed by atoms with E-state index in [1.807, 2.05) is 38.4 Å². The van der Waals surface area contributed by atoms with Crippen LogP contribution in [-0.4, -0.2) is 36.3 Å². The van der Waals surface area contributed by atoms with Crippen LogP contribution in [0.5, 0.6) is 5.75 Å². The highest BCUT2D eigenvalue weighted by molar-refractivity contribution is 5.79. The molecule has 0 aliphatic rings. The van der Waals surface area contributed by atoms with Crippen LogP contribution in [0.25, 0.3) is 0 Å². The molecule has 0 aliphatic carbocycles. The van der Waals surface area contributed by atoms with E-state index >= 15 is 0 Å². The molecule has 2 rings (SSSR count). The molecule has 1 aromatic heterocycles. The van der Waals surface area contributed by atoms with Gasteiger partial charge in [0.1, 0.15) is 17.7 Å². The Morgan fingerprint density at radius 1 is 1.21 bits per heavy atom. The van der Waals surface area contributed by atoms with Crippen molar-refractivity contribution >= 4 is 5.96 Å². The van der Waals surface area contributed by atoms with Crippen LogP contribution in [0, 0.1) is 5.82 Å². The maximum atomic E-state index is 12.9.